The van der Waals surface area contributed by atoms with Crippen LogP contribution in [0.4, 0.5) is 0 Å². The molecule has 0 atom stereocenters. The van der Waals surface area contributed by atoms with Gasteiger partial charge >= 0.3 is 51.2 Å². The molecule has 0 fully saturated rings. The molecule has 0 aromatic carbocycles. The Labute approximate surface area is 69.1 Å². The van der Waals surface area contributed by atoms with Gasteiger partial charge in [0.25, 0.3) is 0 Å². The van der Waals surface area contributed by atoms with E-state index < -0.39 is 0 Å². The van der Waals surface area contributed by atoms with E-state index in [0.29, 0.717) is 0 Å². The Bertz CT molecular complexity index is 13.5. The van der Waals surface area contributed by atoms with Crippen LogP contribution in [-0.4, -0.2) is 29.7 Å². The molecule has 0 spiro atoms. The Morgan fingerprint density at radius 2 is 1.33 bits per heavy atom. The van der Waals surface area contributed by atoms with Gasteiger partial charge in [-0.25, -0.2) is 0 Å². The summed E-state index contributed by atoms with van der Waals surface area (Å²) in [6.45, 7) is 0. The van der Waals surface area contributed by atoms with Gasteiger partial charge < -0.3 is 5.32 Å². The Balaban J connectivity index is 0. The van der Waals surface area contributed by atoms with Gasteiger partial charge in [0, 0.05) is 0 Å². The average Bonchev–Trinajstić information content (AvgIpc) is 1.39. The van der Waals surface area contributed by atoms with E-state index in [1.54, 1.807) is 0 Å². The molecule has 4 heteroatoms. The number of nitrogens with two attached hydrogens (primary N) is 1. The minimum atomic E-state index is 0.0233. The molecule has 0 saturated heterocycles. The molecule has 0 aliphatic heterocycles. The quantitative estimate of drug-likeness (QED) is 0.357. The molecule has 2 N–H and O–H groups in total. The van der Waals surface area contributed by atoms with Gasteiger partial charge in [-0.15, -0.1) is 0 Å². The second-order valence-corrected chi connectivity index (χ2v) is 28.8. The van der Waals surface area contributed by atoms with Crippen LogP contribution in [0.15, 0.2) is 0 Å². The summed E-state index contributed by atoms with van der Waals surface area (Å²) < 4.78 is 0. The SMILES string of the molecule is C[NH2+]C.[I][Pb][I]. The van der Waals surface area contributed by atoms with Gasteiger partial charge in [0.2, 0.25) is 0 Å². The molecule has 0 aliphatic carbocycles. The van der Waals surface area contributed by atoms with E-state index in [-0.39, 0.29) is 15.6 Å². The van der Waals surface area contributed by atoms with Crippen molar-refractivity contribution in [3.05, 3.63) is 0 Å². The fourth-order valence-electron chi connectivity index (χ4n) is 0. The van der Waals surface area contributed by atoms with Crippen LogP contribution in [0.1, 0.15) is 0 Å². The molecular weight excluding hydrogens is 499 g/mol. The zero-order chi connectivity index (χ0) is 5.41. The summed E-state index contributed by atoms with van der Waals surface area (Å²) >= 11 is 4.96. The van der Waals surface area contributed by atoms with E-state index in [0.717, 1.165) is 0 Å². The van der Waals surface area contributed by atoms with Crippen molar-refractivity contribution in [1.29, 1.82) is 0 Å². The van der Waals surface area contributed by atoms with Crippen LogP contribution in [-0.2, 0) is 0 Å². The maximum atomic E-state index is 2.47. The van der Waals surface area contributed by atoms with E-state index >= 15 is 0 Å². The maximum absolute atomic E-state index is 2.47. The Kier molecular flexibility index (Phi) is 29.2. The van der Waals surface area contributed by atoms with Gasteiger partial charge in [-0.2, -0.15) is 0 Å². The van der Waals surface area contributed by atoms with Crippen LogP contribution in [0.3, 0.4) is 0 Å². The van der Waals surface area contributed by atoms with Crippen molar-refractivity contribution in [3.63, 3.8) is 0 Å². The normalized spacial score (nSPS) is 6.00. The number of halogens is 2. The molecule has 38 valence electrons. The summed E-state index contributed by atoms with van der Waals surface area (Å²) in [5.41, 5.74) is 0. The molecule has 0 bridgehead atoms. The summed E-state index contributed by atoms with van der Waals surface area (Å²) in [4.78, 5) is 0. The van der Waals surface area contributed by atoms with Crippen molar-refractivity contribution in [2.75, 3.05) is 14.1 Å². The summed E-state index contributed by atoms with van der Waals surface area (Å²) in [6, 6.07) is 0. The van der Waals surface area contributed by atoms with Crippen LogP contribution in [0.5, 0.6) is 0 Å². The minimum absolute atomic E-state index is 0.0233. The van der Waals surface area contributed by atoms with Crippen LogP contribution in [0, 0.1) is 0 Å². The Morgan fingerprint density at radius 1 is 1.33 bits per heavy atom. The molecule has 0 saturated carbocycles. The van der Waals surface area contributed by atoms with Crippen LogP contribution >= 0.6 is 35.5 Å². The summed E-state index contributed by atoms with van der Waals surface area (Å²) in [6.07, 6.45) is 0. The standard InChI is InChI=1S/C2H7N.2HI.Pb/c1-3-2;;;/h3H,1-2H3;2*1H;/q;;;+2/p-1. The first-order valence-corrected chi connectivity index (χ1v) is 23.4. The number of rotatable bonds is 0. The molecule has 0 amide bonds. The zero-order valence-electron chi connectivity index (χ0n) is 3.83. The Morgan fingerprint density at radius 3 is 1.33 bits per heavy atom. The molecule has 2 radical (unpaired) electrons. The number of quaternary nitrogens is 1. The predicted octanol–water partition coefficient (Wildman–Crippen LogP) is 0.200. The zero-order valence-corrected chi connectivity index (χ0v) is 12.0. The third kappa shape index (κ3) is 33.0. The van der Waals surface area contributed by atoms with Crippen molar-refractivity contribution in [2.24, 2.45) is 0 Å². The fourth-order valence-corrected chi connectivity index (χ4v) is 0. The molecule has 0 heterocycles. The van der Waals surface area contributed by atoms with E-state index in [2.05, 4.69) is 35.5 Å². The van der Waals surface area contributed by atoms with Crippen molar-refractivity contribution < 1.29 is 5.32 Å². The van der Waals surface area contributed by atoms with Crippen molar-refractivity contribution in [2.45, 2.75) is 0 Å². The molecule has 0 unspecified atom stereocenters. The molecule has 6 heavy (non-hydrogen) atoms. The summed E-state index contributed by atoms with van der Waals surface area (Å²) in [7, 11) is 4.00. The first kappa shape index (κ1) is 11.2. The molecule has 1 nitrogen and oxygen atoms in total. The van der Waals surface area contributed by atoms with Gasteiger partial charge in [0.05, 0.1) is 14.1 Å². The van der Waals surface area contributed by atoms with E-state index in [9.17, 15) is 0 Å². The number of hydrogen-bond acceptors (Lipinski definition) is 0. The monoisotopic (exact) mass is 508 g/mol. The van der Waals surface area contributed by atoms with Gasteiger partial charge in [-0.1, -0.05) is 0 Å². The van der Waals surface area contributed by atoms with E-state index in [1.807, 2.05) is 19.4 Å². The molecule has 0 aromatic heterocycles. The number of hydrogen-bond donors (Lipinski definition) is 1. The second-order valence-electron chi connectivity index (χ2n) is 0.649. The van der Waals surface area contributed by atoms with Gasteiger partial charge in [-0.3, -0.25) is 0 Å². The summed E-state index contributed by atoms with van der Waals surface area (Å²) in [5.74, 6) is 0. The fraction of sp³-hybridized carbons (Fsp3) is 1.00. The second kappa shape index (κ2) is 15.7. The first-order valence-electron chi connectivity index (χ1n) is 1.53. The summed E-state index contributed by atoms with van der Waals surface area (Å²) in [5, 5.41) is 2.00. The van der Waals surface area contributed by atoms with Crippen molar-refractivity contribution in [3.8, 4) is 0 Å². The van der Waals surface area contributed by atoms with Crippen LogP contribution in [0.2, 0.25) is 0 Å². The van der Waals surface area contributed by atoms with E-state index in [1.165, 1.54) is 0 Å². The van der Waals surface area contributed by atoms with Crippen LogP contribution < -0.4 is 5.32 Å². The predicted molar refractivity (Wildman–Crippen MR) is 47.6 cm³/mol. The molecular formula is C2H8I2NPb+. The van der Waals surface area contributed by atoms with E-state index in [4.69, 9.17) is 0 Å². The average molecular weight is 507 g/mol. The Hall–Kier alpha value is 2.34. The molecule has 0 aromatic rings. The first-order chi connectivity index (χ1) is 2.83. The topological polar surface area (TPSA) is 16.6 Å². The third-order valence-electron chi connectivity index (χ3n) is 0. The van der Waals surface area contributed by atoms with Gasteiger partial charge in [0.1, 0.15) is 0 Å². The third-order valence-corrected chi connectivity index (χ3v) is 0. The van der Waals surface area contributed by atoms with Crippen molar-refractivity contribution in [1.82, 2.24) is 0 Å². The van der Waals surface area contributed by atoms with Crippen LogP contribution in [0.25, 0.3) is 0 Å². The van der Waals surface area contributed by atoms with Gasteiger partial charge in [-0.05, 0) is 0 Å². The molecule has 0 rings (SSSR count). The van der Waals surface area contributed by atoms with Gasteiger partial charge in [0.15, 0.2) is 0 Å². The molecule has 0 aliphatic rings. The van der Waals surface area contributed by atoms with Crippen molar-refractivity contribution >= 4 is 51.2 Å².